The predicted octanol–water partition coefficient (Wildman–Crippen LogP) is 5.71. The van der Waals surface area contributed by atoms with Crippen LogP contribution in [0.25, 0.3) is 0 Å². The molecule has 0 unspecified atom stereocenters. The molecule has 0 fully saturated rings. The van der Waals surface area contributed by atoms with Crippen molar-refractivity contribution in [1.82, 2.24) is 0 Å². The van der Waals surface area contributed by atoms with Crippen LogP contribution in [0, 0.1) is 0 Å². The van der Waals surface area contributed by atoms with Crippen LogP contribution in [0.15, 0.2) is 34.2 Å². The average molecular weight is 308 g/mol. The van der Waals surface area contributed by atoms with Gasteiger partial charge in [0.05, 0.1) is 0 Å². The van der Waals surface area contributed by atoms with E-state index in [1.807, 2.05) is 0 Å². The van der Waals surface area contributed by atoms with Gasteiger partial charge in [-0.25, -0.2) is 0 Å². The third-order valence-corrected chi connectivity index (χ3v) is 11.5. The number of allylic oxidation sites excluding steroid dienone is 5. The van der Waals surface area contributed by atoms with Gasteiger partial charge in [0.25, 0.3) is 0 Å². The second-order valence-corrected chi connectivity index (χ2v) is 40.6. The molecule has 2 heteroatoms. The van der Waals surface area contributed by atoms with Gasteiger partial charge in [-0.05, 0) is 0 Å². The molecular formula is C13H25ClZr. The van der Waals surface area contributed by atoms with Gasteiger partial charge in [-0.2, -0.15) is 0 Å². The molecule has 0 aliphatic heterocycles. The first kappa shape index (κ1) is 15.4. The molecule has 0 heterocycles. The Morgan fingerprint density at radius 1 is 1.33 bits per heavy atom. The molecule has 1 aliphatic rings. The van der Waals surface area contributed by atoms with Gasteiger partial charge < -0.3 is 0 Å². The summed E-state index contributed by atoms with van der Waals surface area (Å²) >= 11 is 2.29. The fourth-order valence-corrected chi connectivity index (χ4v) is 6.46. The first-order valence-electron chi connectivity index (χ1n) is 5.55. The topological polar surface area (TPSA) is 0 Å². The number of rotatable bonds is 2. The van der Waals surface area contributed by atoms with E-state index in [0.717, 1.165) is 0 Å². The van der Waals surface area contributed by atoms with Crippen LogP contribution in [0.5, 0.6) is 0 Å². The van der Waals surface area contributed by atoms with Gasteiger partial charge in [0.2, 0.25) is 0 Å². The summed E-state index contributed by atoms with van der Waals surface area (Å²) in [5.74, 6) is 0.556. The summed E-state index contributed by atoms with van der Waals surface area (Å²) in [6, 6.07) is 0. The van der Waals surface area contributed by atoms with Crippen LogP contribution in [0.4, 0.5) is 0 Å². The molecule has 15 heavy (non-hydrogen) atoms. The molecule has 1 rings (SSSR count). The van der Waals surface area contributed by atoms with Crippen LogP contribution in [0.3, 0.4) is 0 Å². The summed E-state index contributed by atoms with van der Waals surface area (Å²) in [4.78, 5) is 0. The molecule has 0 amide bonds. The number of hydrogen-bond acceptors (Lipinski definition) is 0. The van der Waals surface area contributed by atoms with Crippen molar-refractivity contribution in [2.24, 2.45) is 0 Å². The first-order chi connectivity index (χ1) is 6.51. The summed E-state index contributed by atoms with van der Waals surface area (Å²) in [6.07, 6.45) is 9.64. The predicted molar refractivity (Wildman–Crippen MR) is 72.1 cm³/mol. The van der Waals surface area contributed by atoms with Gasteiger partial charge in [0.1, 0.15) is 0 Å². The first-order valence-corrected chi connectivity index (χ1v) is 19.6. The van der Waals surface area contributed by atoms with Crippen LogP contribution in [-0.2, 0) is 17.3 Å². The van der Waals surface area contributed by atoms with E-state index in [1.54, 1.807) is 9.36 Å². The van der Waals surface area contributed by atoms with Crippen molar-refractivity contribution in [3.8, 4) is 0 Å². The van der Waals surface area contributed by atoms with Crippen molar-refractivity contribution in [2.45, 2.75) is 29.6 Å². The Morgan fingerprint density at radius 3 is 1.93 bits per heavy atom. The molecule has 88 valence electrons. The monoisotopic (exact) mass is 306 g/mol. The average Bonchev–Trinajstić information content (AvgIpc) is 2.53. The van der Waals surface area contributed by atoms with Crippen LogP contribution < -0.4 is 0 Å². The van der Waals surface area contributed by atoms with Crippen molar-refractivity contribution in [3.63, 3.8) is 0 Å². The van der Waals surface area contributed by atoms with Crippen LogP contribution in [-0.4, -0.2) is 5.88 Å². The minimum atomic E-state index is -2.78. The van der Waals surface area contributed by atoms with E-state index in [4.69, 9.17) is 11.6 Å². The second kappa shape index (κ2) is 4.34. The molecule has 0 aromatic rings. The molecule has 0 spiro atoms. The summed E-state index contributed by atoms with van der Waals surface area (Å²) < 4.78 is 14.2. The Balaban J connectivity index is 0.000000423. The molecule has 0 saturated heterocycles. The van der Waals surface area contributed by atoms with Crippen molar-refractivity contribution in [2.75, 3.05) is 5.88 Å². The maximum absolute atomic E-state index is 5.07. The van der Waals surface area contributed by atoms with Crippen LogP contribution in [0.2, 0.25) is 23.2 Å². The Bertz CT molecular complexity index is 287. The van der Waals surface area contributed by atoms with Gasteiger partial charge >= 0.3 is 68.4 Å². The van der Waals surface area contributed by atoms with Gasteiger partial charge in [-0.1, -0.05) is 6.08 Å². The quantitative estimate of drug-likeness (QED) is 0.453. The van der Waals surface area contributed by atoms with E-state index >= 15 is 0 Å². The summed E-state index contributed by atoms with van der Waals surface area (Å²) in [7, 11) is 0. The third kappa shape index (κ3) is 6.53. The van der Waals surface area contributed by atoms with Gasteiger partial charge in [-0.15, -0.1) is 18.2 Å². The van der Waals surface area contributed by atoms with E-state index in [1.165, 1.54) is 6.42 Å². The normalized spacial score (nSPS) is 19.5. The Morgan fingerprint density at radius 2 is 1.80 bits per heavy atom. The summed E-state index contributed by atoms with van der Waals surface area (Å²) in [6.45, 7) is 3.35. The Labute approximate surface area is 98.0 Å². The molecule has 0 saturated carbocycles. The fourth-order valence-electron chi connectivity index (χ4n) is 1.37. The molecule has 0 bridgehead atoms. The van der Waals surface area contributed by atoms with E-state index in [9.17, 15) is 0 Å². The molecule has 0 N–H and O–H groups in total. The zero-order valence-corrected chi connectivity index (χ0v) is 14.0. The van der Waals surface area contributed by atoms with Crippen LogP contribution >= 0.6 is 11.6 Å². The number of alkyl halides is 1. The minimum absolute atomic E-state index is 0.556. The molecular weight excluding hydrogens is 283 g/mol. The Kier molecular flexibility index (Phi) is 4.45. The van der Waals surface area contributed by atoms with E-state index in [0.29, 0.717) is 5.88 Å². The van der Waals surface area contributed by atoms with Gasteiger partial charge in [-0.3, -0.25) is 0 Å². The zero-order valence-electron chi connectivity index (χ0n) is 10.8. The second-order valence-electron chi connectivity index (χ2n) is 8.02. The van der Waals surface area contributed by atoms with Gasteiger partial charge in [0, 0.05) is 5.88 Å². The number of hydrogen-bond donors (Lipinski definition) is 0. The fraction of sp³-hybridized carbons (Fsp3) is 0.538. The molecule has 1 aliphatic carbocycles. The van der Waals surface area contributed by atoms with Crippen molar-refractivity contribution >= 4 is 11.6 Å². The molecule has 0 nitrogen and oxygen atoms in total. The number of halogens is 1. The van der Waals surface area contributed by atoms with Crippen molar-refractivity contribution < 1.29 is 17.3 Å². The third-order valence-electron chi connectivity index (χ3n) is 2.49. The molecule has 0 radical (unpaired) electrons. The summed E-state index contributed by atoms with van der Waals surface area (Å²) in [5.41, 5.74) is 0. The van der Waals surface area contributed by atoms with Crippen molar-refractivity contribution in [1.29, 1.82) is 0 Å². The molecule has 0 atom stereocenters. The van der Waals surface area contributed by atoms with Gasteiger partial charge in [0.15, 0.2) is 0 Å². The van der Waals surface area contributed by atoms with E-state index in [2.05, 4.69) is 48.0 Å². The SMILES string of the molecule is C=CCCl.[CH3][Zr]([CH3])([CH3])([CH3])([CH3])[C]1=CC=CC1. The molecule has 0 aromatic heterocycles. The van der Waals surface area contributed by atoms with E-state index in [-0.39, 0.29) is 0 Å². The standard InChI is InChI=1S/C5H5.C3H5Cl.5CH3.Zr/c1-2-4-5-3-1;1-2-3-4;;;;;;/h1-3H,4H2;2H,1,3H2;5*1H3;. The van der Waals surface area contributed by atoms with Crippen molar-refractivity contribution in [3.05, 3.63) is 34.2 Å². The maximum atomic E-state index is 5.07. The van der Waals surface area contributed by atoms with E-state index < -0.39 is 17.3 Å². The van der Waals surface area contributed by atoms with Crippen LogP contribution in [0.1, 0.15) is 6.42 Å². The summed E-state index contributed by atoms with van der Waals surface area (Å²) in [5, 5.41) is 0. The zero-order chi connectivity index (χ0) is 12.2. The molecule has 0 aromatic carbocycles. The Hall–Kier alpha value is 0.393.